The normalized spacial score (nSPS) is 22.5. The third-order valence-electron chi connectivity index (χ3n) is 6.17. The number of ether oxygens (including phenoxy) is 1. The van der Waals surface area contributed by atoms with Crippen LogP contribution in [0.3, 0.4) is 0 Å². The number of hydrogen-bond donors (Lipinski definition) is 2. The molecule has 3 N–H and O–H groups in total. The Labute approximate surface area is 161 Å². The fraction of sp³-hybridized carbons (Fsp3) is 0.435. The molecule has 1 aliphatic heterocycles. The van der Waals surface area contributed by atoms with Crippen LogP contribution in [0.25, 0.3) is 0 Å². The van der Waals surface area contributed by atoms with E-state index in [9.17, 15) is 4.79 Å². The molecule has 1 saturated carbocycles. The first kappa shape index (κ1) is 18.1. The number of carbonyl (C=O) groups excluding carboxylic acids is 1. The average molecular weight is 364 g/mol. The lowest BCUT2D eigenvalue weighted by Gasteiger charge is -2.40. The summed E-state index contributed by atoms with van der Waals surface area (Å²) in [6.07, 6.45) is 5.35. The van der Waals surface area contributed by atoms with Crippen molar-refractivity contribution in [1.82, 2.24) is 5.32 Å². The van der Waals surface area contributed by atoms with Crippen molar-refractivity contribution in [1.29, 1.82) is 0 Å². The molecule has 2 aromatic carbocycles. The van der Waals surface area contributed by atoms with Gasteiger partial charge in [0, 0.05) is 18.0 Å². The minimum atomic E-state index is -0.318. The molecule has 1 fully saturated rings. The van der Waals surface area contributed by atoms with Crippen molar-refractivity contribution in [3.63, 3.8) is 0 Å². The zero-order chi connectivity index (χ0) is 18.9. The second-order valence-corrected chi connectivity index (χ2v) is 8.02. The molecule has 3 atom stereocenters. The van der Waals surface area contributed by atoms with Crippen molar-refractivity contribution < 1.29 is 9.53 Å². The molecule has 0 radical (unpaired) electrons. The van der Waals surface area contributed by atoms with Crippen LogP contribution in [0, 0.1) is 5.92 Å². The highest BCUT2D eigenvalue weighted by Gasteiger charge is 2.43. The molecule has 4 heteroatoms. The van der Waals surface area contributed by atoms with E-state index in [4.69, 9.17) is 10.5 Å². The molecule has 3 unspecified atom stereocenters. The molecule has 0 bridgehead atoms. The highest BCUT2D eigenvalue weighted by Crippen LogP contribution is 2.47. The number of carbonyl (C=O) groups is 1. The monoisotopic (exact) mass is 364 g/mol. The third-order valence-corrected chi connectivity index (χ3v) is 6.17. The number of nitrogens with two attached hydrogens (primary N) is 1. The smallest absolute Gasteiger partial charge is 0.225 e. The van der Waals surface area contributed by atoms with Crippen LogP contribution in [0.2, 0.25) is 0 Å². The van der Waals surface area contributed by atoms with Crippen LogP contribution in [-0.4, -0.2) is 11.5 Å². The van der Waals surface area contributed by atoms with Crippen molar-refractivity contribution in [3.05, 3.63) is 65.7 Å². The summed E-state index contributed by atoms with van der Waals surface area (Å²) in [5.41, 5.74) is 8.30. The summed E-state index contributed by atoms with van der Waals surface area (Å²) in [6.45, 7) is 1.91. The summed E-state index contributed by atoms with van der Waals surface area (Å²) >= 11 is 0. The number of fused-ring (bicyclic) bond motifs is 1. The topological polar surface area (TPSA) is 64.3 Å². The Morgan fingerprint density at radius 1 is 1.11 bits per heavy atom. The molecular formula is C23H28N2O2. The van der Waals surface area contributed by atoms with E-state index < -0.39 is 0 Å². The Morgan fingerprint density at radius 2 is 1.78 bits per heavy atom. The van der Waals surface area contributed by atoms with E-state index in [1.807, 2.05) is 55.5 Å². The Bertz CT molecular complexity index is 799. The van der Waals surface area contributed by atoms with Crippen LogP contribution in [0.1, 0.15) is 62.2 Å². The molecular weight excluding hydrogens is 336 g/mol. The molecule has 0 saturated heterocycles. The summed E-state index contributed by atoms with van der Waals surface area (Å²) in [4.78, 5) is 13.0. The lowest BCUT2D eigenvalue weighted by atomic mass is 9.85. The van der Waals surface area contributed by atoms with Crippen LogP contribution >= 0.6 is 0 Å². The molecule has 1 aliphatic carbocycles. The lowest BCUT2D eigenvalue weighted by molar-refractivity contribution is -0.126. The van der Waals surface area contributed by atoms with Crippen molar-refractivity contribution in [2.45, 2.75) is 56.7 Å². The van der Waals surface area contributed by atoms with E-state index in [1.54, 1.807) is 0 Å². The summed E-state index contributed by atoms with van der Waals surface area (Å²) in [5.74, 6) is 0.610. The zero-order valence-electron chi connectivity index (χ0n) is 15.9. The van der Waals surface area contributed by atoms with Gasteiger partial charge in [0.1, 0.15) is 11.4 Å². The molecule has 2 aromatic rings. The molecule has 1 amide bonds. The van der Waals surface area contributed by atoms with Gasteiger partial charge < -0.3 is 15.8 Å². The summed E-state index contributed by atoms with van der Waals surface area (Å²) < 4.78 is 6.39. The predicted octanol–water partition coefficient (Wildman–Crippen LogP) is 4.28. The fourth-order valence-corrected chi connectivity index (χ4v) is 4.50. The van der Waals surface area contributed by atoms with Gasteiger partial charge in [0.25, 0.3) is 0 Å². The van der Waals surface area contributed by atoms with Gasteiger partial charge in [-0.2, -0.15) is 0 Å². The summed E-state index contributed by atoms with van der Waals surface area (Å²) in [5, 5.41) is 3.28. The van der Waals surface area contributed by atoms with Crippen molar-refractivity contribution in [3.8, 4) is 5.75 Å². The van der Waals surface area contributed by atoms with Gasteiger partial charge >= 0.3 is 0 Å². The van der Waals surface area contributed by atoms with Gasteiger partial charge in [0.05, 0.1) is 12.0 Å². The number of hydrogen-bond acceptors (Lipinski definition) is 3. The van der Waals surface area contributed by atoms with Gasteiger partial charge in [-0.1, -0.05) is 55.5 Å². The van der Waals surface area contributed by atoms with Crippen LogP contribution in [0.15, 0.2) is 54.6 Å². The summed E-state index contributed by atoms with van der Waals surface area (Å²) in [7, 11) is 0. The maximum absolute atomic E-state index is 13.0. The van der Waals surface area contributed by atoms with E-state index in [0.29, 0.717) is 0 Å². The van der Waals surface area contributed by atoms with Gasteiger partial charge in [-0.3, -0.25) is 4.79 Å². The number of nitrogens with one attached hydrogen (secondary N) is 1. The van der Waals surface area contributed by atoms with Gasteiger partial charge in [-0.05, 0) is 37.3 Å². The van der Waals surface area contributed by atoms with Crippen molar-refractivity contribution in [2.75, 3.05) is 0 Å². The highest BCUT2D eigenvalue weighted by molar-refractivity contribution is 5.80. The van der Waals surface area contributed by atoms with Crippen LogP contribution in [0.4, 0.5) is 0 Å². The Balaban J connectivity index is 1.53. The first-order valence-electron chi connectivity index (χ1n) is 9.97. The third kappa shape index (κ3) is 3.59. The minimum Gasteiger partial charge on any atom is -0.487 e. The number of amides is 1. The molecule has 0 aromatic heterocycles. The first-order chi connectivity index (χ1) is 13.1. The molecule has 1 spiro atoms. The highest BCUT2D eigenvalue weighted by atomic mass is 16.5. The Kier molecular flexibility index (Phi) is 4.92. The van der Waals surface area contributed by atoms with Crippen LogP contribution in [-0.2, 0) is 4.79 Å². The SMILES string of the molecule is CC(C(=O)NC1CC2(CCCC2)Oc2ccccc21)C(N)c1ccccc1. The van der Waals surface area contributed by atoms with Crippen molar-refractivity contribution >= 4 is 5.91 Å². The molecule has 2 aliphatic rings. The molecule has 1 heterocycles. The molecule has 4 nitrogen and oxygen atoms in total. The Hall–Kier alpha value is -2.33. The maximum atomic E-state index is 13.0. The van der Waals surface area contributed by atoms with E-state index in [0.717, 1.165) is 36.1 Å². The zero-order valence-corrected chi connectivity index (χ0v) is 15.9. The standard InChI is InChI=1S/C23H28N2O2/c1-16(21(24)17-9-3-2-4-10-17)22(26)25-19-15-23(13-7-8-14-23)27-20-12-6-5-11-18(19)20/h2-6,9-12,16,19,21H,7-8,13-15,24H2,1H3,(H,25,26). The number of rotatable bonds is 4. The first-order valence-corrected chi connectivity index (χ1v) is 9.97. The van der Waals surface area contributed by atoms with Gasteiger partial charge in [-0.25, -0.2) is 0 Å². The van der Waals surface area contributed by atoms with E-state index >= 15 is 0 Å². The second-order valence-electron chi connectivity index (χ2n) is 8.02. The van der Waals surface area contributed by atoms with Gasteiger partial charge in [-0.15, -0.1) is 0 Å². The van der Waals surface area contributed by atoms with Crippen LogP contribution < -0.4 is 15.8 Å². The lowest BCUT2D eigenvalue weighted by Crippen LogP contribution is -2.45. The van der Waals surface area contributed by atoms with Gasteiger partial charge in [0.2, 0.25) is 5.91 Å². The number of benzene rings is 2. The van der Waals surface area contributed by atoms with E-state index in [1.165, 1.54) is 12.8 Å². The van der Waals surface area contributed by atoms with E-state index in [-0.39, 0.29) is 29.5 Å². The summed E-state index contributed by atoms with van der Waals surface area (Å²) in [6, 6.07) is 17.6. The largest absolute Gasteiger partial charge is 0.487 e. The van der Waals surface area contributed by atoms with E-state index in [2.05, 4.69) is 11.4 Å². The second kappa shape index (κ2) is 7.35. The fourth-order valence-electron chi connectivity index (χ4n) is 4.50. The molecule has 27 heavy (non-hydrogen) atoms. The van der Waals surface area contributed by atoms with Crippen LogP contribution in [0.5, 0.6) is 5.75 Å². The van der Waals surface area contributed by atoms with Gasteiger partial charge in [0.15, 0.2) is 0 Å². The minimum absolute atomic E-state index is 0.00111. The molecule has 142 valence electrons. The molecule has 4 rings (SSSR count). The maximum Gasteiger partial charge on any atom is 0.225 e. The number of para-hydroxylation sites is 1. The quantitative estimate of drug-likeness (QED) is 0.851. The predicted molar refractivity (Wildman–Crippen MR) is 106 cm³/mol. The average Bonchev–Trinajstić information content (AvgIpc) is 3.14. The Morgan fingerprint density at radius 3 is 2.52 bits per heavy atom. The van der Waals surface area contributed by atoms with Crippen molar-refractivity contribution in [2.24, 2.45) is 11.7 Å².